The summed E-state index contributed by atoms with van der Waals surface area (Å²) in [7, 11) is 0. The highest BCUT2D eigenvalue weighted by Crippen LogP contribution is 2.29. The number of halogens is 2. The van der Waals surface area contributed by atoms with Crippen LogP contribution in [0.15, 0.2) is 88.4 Å². The predicted molar refractivity (Wildman–Crippen MR) is 124 cm³/mol. The van der Waals surface area contributed by atoms with Crippen LogP contribution >= 0.6 is 0 Å². The fraction of sp³-hybridized carbons (Fsp3) is 0.0385. The third kappa shape index (κ3) is 3.86. The molecule has 0 radical (unpaired) electrons. The molecule has 0 fully saturated rings. The normalized spacial score (nSPS) is 11.0. The average molecular weight is 457 g/mol. The topological polar surface area (TPSA) is 77.1 Å². The number of carbonyl (C=O) groups excluding carboxylic acids is 1. The Morgan fingerprint density at radius 2 is 1.85 bits per heavy atom. The van der Waals surface area contributed by atoms with Crippen molar-refractivity contribution in [1.82, 2.24) is 9.72 Å². The molecule has 8 heteroatoms. The lowest BCUT2D eigenvalue weighted by molar-refractivity contribution is 0.102. The van der Waals surface area contributed by atoms with Crippen LogP contribution in [-0.2, 0) is 0 Å². The Labute approximate surface area is 192 Å². The predicted octanol–water partition coefficient (Wildman–Crippen LogP) is 5.48. The van der Waals surface area contributed by atoms with Gasteiger partial charge in [0.2, 0.25) is 0 Å². The molecule has 0 saturated heterocycles. The van der Waals surface area contributed by atoms with Crippen LogP contribution < -0.4 is 10.9 Å². The lowest BCUT2D eigenvalue weighted by Crippen LogP contribution is -2.19. The highest BCUT2D eigenvalue weighted by atomic mass is 19.1. The maximum Gasteiger partial charge on any atom is 0.256 e. The number of hydrogen-bond donors (Lipinski definition) is 1. The van der Waals surface area contributed by atoms with E-state index in [9.17, 15) is 14.0 Å². The number of aryl methyl sites for hydroxylation is 1. The summed E-state index contributed by atoms with van der Waals surface area (Å²) in [6.07, 6.45) is 1.34. The van der Waals surface area contributed by atoms with Gasteiger partial charge in [-0.05, 0) is 72.0 Å². The van der Waals surface area contributed by atoms with E-state index in [0.717, 1.165) is 0 Å². The van der Waals surface area contributed by atoms with Gasteiger partial charge in [0.25, 0.3) is 11.5 Å². The Balaban J connectivity index is 1.59. The first kappa shape index (κ1) is 21.3. The van der Waals surface area contributed by atoms with Crippen LogP contribution in [0.2, 0.25) is 0 Å². The summed E-state index contributed by atoms with van der Waals surface area (Å²) in [5.74, 6) is -1.17. The molecule has 0 aliphatic carbocycles. The molecule has 0 atom stereocenters. The maximum atomic E-state index is 15.1. The molecule has 1 N–H and O–H groups in total. The molecule has 34 heavy (non-hydrogen) atoms. The average Bonchev–Trinajstić information content (AvgIpc) is 3.33. The maximum absolute atomic E-state index is 15.1. The molecule has 3 aromatic carbocycles. The number of aromatic nitrogens is 2. The van der Waals surface area contributed by atoms with Crippen molar-refractivity contribution in [3.8, 4) is 16.8 Å². The van der Waals surface area contributed by atoms with Gasteiger partial charge in [0.15, 0.2) is 5.82 Å². The zero-order valence-corrected chi connectivity index (χ0v) is 17.9. The number of benzene rings is 3. The summed E-state index contributed by atoms with van der Waals surface area (Å²) in [5, 5.41) is 6.88. The third-order valence-corrected chi connectivity index (χ3v) is 5.50. The highest BCUT2D eigenvalue weighted by Gasteiger charge is 2.15. The molecule has 0 aliphatic heterocycles. The Kier molecular flexibility index (Phi) is 5.25. The minimum absolute atomic E-state index is 0.237. The largest absolute Gasteiger partial charge is 0.363 e. The van der Waals surface area contributed by atoms with Gasteiger partial charge in [-0.3, -0.25) is 14.2 Å². The summed E-state index contributed by atoms with van der Waals surface area (Å²) in [6, 6.07) is 17.8. The summed E-state index contributed by atoms with van der Waals surface area (Å²) in [6.45, 7) is 1.75. The molecule has 0 unspecified atom stereocenters. The van der Waals surface area contributed by atoms with E-state index in [1.165, 1.54) is 47.2 Å². The Bertz CT molecular complexity index is 1610. The molecule has 2 heterocycles. The van der Waals surface area contributed by atoms with E-state index >= 15 is 4.39 Å². The Morgan fingerprint density at radius 1 is 1.00 bits per heavy atom. The molecular formula is C26H17F2N3O3. The molecule has 0 saturated carbocycles. The summed E-state index contributed by atoms with van der Waals surface area (Å²) in [4.78, 5) is 25.4. The molecule has 0 bridgehead atoms. The Morgan fingerprint density at radius 3 is 2.62 bits per heavy atom. The second kappa shape index (κ2) is 8.40. The van der Waals surface area contributed by atoms with Gasteiger partial charge in [-0.15, -0.1) is 0 Å². The second-order valence-corrected chi connectivity index (χ2v) is 7.75. The van der Waals surface area contributed by atoms with E-state index in [4.69, 9.17) is 4.52 Å². The van der Waals surface area contributed by atoms with Gasteiger partial charge in [0, 0.05) is 23.3 Å². The third-order valence-electron chi connectivity index (χ3n) is 5.50. The van der Waals surface area contributed by atoms with Gasteiger partial charge in [-0.2, -0.15) is 0 Å². The molecule has 2 aromatic heterocycles. The van der Waals surface area contributed by atoms with Gasteiger partial charge in [-0.1, -0.05) is 17.3 Å². The fourth-order valence-corrected chi connectivity index (χ4v) is 3.89. The number of carbonyl (C=O) groups is 1. The summed E-state index contributed by atoms with van der Waals surface area (Å²) < 4.78 is 34.9. The van der Waals surface area contributed by atoms with Crippen molar-refractivity contribution >= 4 is 22.6 Å². The summed E-state index contributed by atoms with van der Waals surface area (Å²) in [5.41, 5.74) is 2.13. The highest BCUT2D eigenvalue weighted by molar-refractivity contribution is 6.05. The van der Waals surface area contributed by atoms with Crippen LogP contribution in [0.4, 0.5) is 14.6 Å². The number of anilines is 1. The minimum atomic E-state index is -0.585. The van der Waals surface area contributed by atoms with E-state index in [1.54, 1.807) is 43.3 Å². The summed E-state index contributed by atoms with van der Waals surface area (Å²) >= 11 is 0. The van der Waals surface area contributed by atoms with Crippen molar-refractivity contribution in [3.63, 3.8) is 0 Å². The molecule has 6 nitrogen and oxygen atoms in total. The SMILES string of the molecule is Cc1cc(-c2cccc(F)c2)c(F)cc1-n1c(=O)ccc2cc(C(=O)Nc3ccon3)ccc21. The zero-order chi connectivity index (χ0) is 23.8. The minimum Gasteiger partial charge on any atom is -0.363 e. The first-order valence-electron chi connectivity index (χ1n) is 10.3. The van der Waals surface area contributed by atoms with Crippen molar-refractivity contribution in [1.29, 1.82) is 0 Å². The smallest absolute Gasteiger partial charge is 0.256 e. The van der Waals surface area contributed by atoms with Crippen LogP contribution in [0.25, 0.3) is 27.7 Å². The van der Waals surface area contributed by atoms with E-state index in [-0.39, 0.29) is 16.9 Å². The van der Waals surface area contributed by atoms with Crippen molar-refractivity contribution < 1.29 is 18.1 Å². The molecule has 5 rings (SSSR count). The lowest BCUT2D eigenvalue weighted by atomic mass is 10.0. The van der Waals surface area contributed by atoms with Gasteiger partial charge in [0.1, 0.15) is 17.9 Å². The van der Waals surface area contributed by atoms with Gasteiger partial charge in [0.05, 0.1) is 11.2 Å². The molecule has 5 aromatic rings. The number of amides is 1. The monoisotopic (exact) mass is 457 g/mol. The van der Waals surface area contributed by atoms with E-state index in [2.05, 4.69) is 10.5 Å². The number of fused-ring (bicyclic) bond motifs is 1. The van der Waals surface area contributed by atoms with Crippen molar-refractivity contribution in [2.75, 3.05) is 5.32 Å². The number of nitrogens with one attached hydrogen (secondary N) is 1. The van der Waals surface area contributed by atoms with Crippen LogP contribution in [0.3, 0.4) is 0 Å². The van der Waals surface area contributed by atoms with Gasteiger partial charge < -0.3 is 9.84 Å². The second-order valence-electron chi connectivity index (χ2n) is 7.75. The first-order chi connectivity index (χ1) is 16.4. The first-order valence-corrected chi connectivity index (χ1v) is 10.3. The van der Waals surface area contributed by atoms with Crippen molar-refractivity contribution in [2.45, 2.75) is 6.92 Å². The number of nitrogens with zero attached hydrogens (tertiary/aromatic N) is 2. The molecule has 0 aliphatic rings. The van der Waals surface area contributed by atoms with Gasteiger partial charge in [-0.25, -0.2) is 8.78 Å². The molecule has 168 valence electrons. The molecule has 0 spiro atoms. The molecular weight excluding hydrogens is 440 g/mol. The standard InChI is InChI=1S/C26H17F2N3O3/c1-15-11-20(16-3-2-4-19(27)13-16)21(28)14-23(15)31-22-7-5-18(12-17(22)6-8-25(31)32)26(33)29-24-9-10-34-30-24/h2-14H,1H3,(H,29,30,33). The van der Waals surface area contributed by atoms with Crippen molar-refractivity contribution in [2.24, 2.45) is 0 Å². The van der Waals surface area contributed by atoms with Crippen LogP contribution in [-0.4, -0.2) is 15.6 Å². The zero-order valence-electron chi connectivity index (χ0n) is 17.9. The van der Waals surface area contributed by atoms with E-state index in [1.807, 2.05) is 0 Å². The van der Waals surface area contributed by atoms with Gasteiger partial charge >= 0.3 is 0 Å². The van der Waals surface area contributed by atoms with Crippen LogP contribution in [0, 0.1) is 18.6 Å². The quantitative estimate of drug-likeness (QED) is 0.388. The fourth-order valence-electron chi connectivity index (χ4n) is 3.89. The van der Waals surface area contributed by atoms with Crippen LogP contribution in [0.1, 0.15) is 15.9 Å². The number of pyridine rings is 1. The Hall–Kier alpha value is -4.59. The van der Waals surface area contributed by atoms with E-state index in [0.29, 0.717) is 33.3 Å². The number of hydrogen-bond acceptors (Lipinski definition) is 4. The van der Waals surface area contributed by atoms with Crippen molar-refractivity contribution in [3.05, 3.63) is 112 Å². The number of rotatable bonds is 4. The lowest BCUT2D eigenvalue weighted by Gasteiger charge is -2.15. The molecule has 1 amide bonds. The van der Waals surface area contributed by atoms with Crippen LogP contribution in [0.5, 0.6) is 0 Å². The van der Waals surface area contributed by atoms with E-state index < -0.39 is 17.5 Å².